The smallest absolute Gasteiger partial charge is 0.246 e. The van der Waals surface area contributed by atoms with Crippen molar-refractivity contribution >= 4 is 0 Å². The van der Waals surface area contributed by atoms with Crippen molar-refractivity contribution in [3.8, 4) is 0 Å². The number of nitrogens with two attached hydrogens (primary N) is 1. The van der Waals surface area contributed by atoms with Gasteiger partial charge < -0.3 is 10.3 Å². The predicted octanol–water partition coefficient (Wildman–Crippen LogP) is 2.73. The average molecular weight is 257 g/mol. The summed E-state index contributed by atoms with van der Waals surface area (Å²) in [4.78, 5) is 4.52. The van der Waals surface area contributed by atoms with Gasteiger partial charge in [-0.3, -0.25) is 0 Å². The summed E-state index contributed by atoms with van der Waals surface area (Å²) < 4.78 is 5.37. The van der Waals surface area contributed by atoms with Gasteiger partial charge in [-0.25, -0.2) is 0 Å². The van der Waals surface area contributed by atoms with E-state index in [4.69, 9.17) is 10.3 Å². The third-order valence-electron chi connectivity index (χ3n) is 3.87. The van der Waals surface area contributed by atoms with Crippen LogP contribution in [0.2, 0.25) is 0 Å². The highest BCUT2D eigenvalue weighted by molar-refractivity contribution is 5.43. The maximum atomic E-state index is 6.22. The Bertz CT molecular complexity index is 589. The maximum absolute atomic E-state index is 6.22. The number of aromatic nitrogens is 2. The standard InChI is InChI=1S/C15H19N3O/c1-3-8-15(2,16)14-17-13(18-19-14)12-9-10-6-4-5-7-11(10)12/h4-7,12H,3,8-9,16H2,1-2H3. The van der Waals surface area contributed by atoms with E-state index in [1.165, 1.54) is 11.1 Å². The summed E-state index contributed by atoms with van der Waals surface area (Å²) in [6.45, 7) is 4.05. The third kappa shape index (κ3) is 2.06. The highest BCUT2D eigenvalue weighted by atomic mass is 16.5. The van der Waals surface area contributed by atoms with E-state index in [1.54, 1.807) is 0 Å². The van der Waals surface area contributed by atoms with Crippen LogP contribution in [-0.2, 0) is 12.0 Å². The molecule has 0 spiro atoms. The maximum Gasteiger partial charge on any atom is 0.246 e. The molecule has 2 unspecified atom stereocenters. The molecule has 0 saturated carbocycles. The Morgan fingerprint density at radius 1 is 1.42 bits per heavy atom. The van der Waals surface area contributed by atoms with Gasteiger partial charge in [-0.1, -0.05) is 42.8 Å². The van der Waals surface area contributed by atoms with Crippen LogP contribution in [-0.4, -0.2) is 10.1 Å². The molecule has 0 fully saturated rings. The van der Waals surface area contributed by atoms with Crippen LogP contribution in [0.15, 0.2) is 28.8 Å². The van der Waals surface area contributed by atoms with Crippen LogP contribution in [0.25, 0.3) is 0 Å². The number of fused-ring (bicyclic) bond motifs is 1. The number of nitrogens with zero attached hydrogens (tertiary/aromatic N) is 2. The second kappa shape index (κ2) is 4.46. The van der Waals surface area contributed by atoms with Crippen molar-refractivity contribution in [2.24, 2.45) is 5.73 Å². The minimum atomic E-state index is -0.525. The molecule has 0 bridgehead atoms. The molecule has 2 atom stereocenters. The fourth-order valence-electron chi connectivity index (χ4n) is 2.72. The molecule has 19 heavy (non-hydrogen) atoms. The fraction of sp³-hybridized carbons (Fsp3) is 0.467. The number of rotatable bonds is 4. The second-order valence-corrected chi connectivity index (χ2v) is 5.58. The number of benzene rings is 1. The Hall–Kier alpha value is -1.68. The molecule has 0 amide bonds. The molecule has 1 heterocycles. The van der Waals surface area contributed by atoms with Crippen LogP contribution >= 0.6 is 0 Å². The Morgan fingerprint density at radius 2 is 2.21 bits per heavy atom. The Kier molecular flexibility index (Phi) is 2.90. The van der Waals surface area contributed by atoms with E-state index in [2.05, 4.69) is 41.3 Å². The lowest BCUT2D eigenvalue weighted by Crippen LogP contribution is -2.33. The van der Waals surface area contributed by atoms with E-state index < -0.39 is 5.54 Å². The van der Waals surface area contributed by atoms with Crippen molar-refractivity contribution in [3.63, 3.8) is 0 Å². The average Bonchev–Trinajstić information content (AvgIpc) is 2.81. The summed E-state index contributed by atoms with van der Waals surface area (Å²) >= 11 is 0. The quantitative estimate of drug-likeness (QED) is 0.914. The molecule has 2 N–H and O–H groups in total. The van der Waals surface area contributed by atoms with Crippen LogP contribution in [0.5, 0.6) is 0 Å². The predicted molar refractivity (Wildman–Crippen MR) is 72.7 cm³/mol. The van der Waals surface area contributed by atoms with Gasteiger partial charge in [0.05, 0.1) is 11.5 Å². The molecule has 3 rings (SSSR count). The van der Waals surface area contributed by atoms with Crippen LogP contribution in [0.4, 0.5) is 0 Å². The van der Waals surface area contributed by atoms with E-state index in [1.807, 2.05) is 6.92 Å². The van der Waals surface area contributed by atoms with E-state index in [-0.39, 0.29) is 5.92 Å². The summed E-state index contributed by atoms with van der Waals surface area (Å²) in [5.41, 5.74) is 8.38. The van der Waals surface area contributed by atoms with Gasteiger partial charge in [-0.2, -0.15) is 4.98 Å². The molecule has 1 aromatic carbocycles. The summed E-state index contributed by atoms with van der Waals surface area (Å²) in [7, 11) is 0. The first-order valence-electron chi connectivity index (χ1n) is 6.82. The minimum Gasteiger partial charge on any atom is -0.337 e. The van der Waals surface area contributed by atoms with Crippen molar-refractivity contribution in [3.05, 3.63) is 47.1 Å². The van der Waals surface area contributed by atoms with Gasteiger partial charge in [-0.15, -0.1) is 0 Å². The normalized spacial score (nSPS) is 20.5. The van der Waals surface area contributed by atoms with Crippen LogP contribution in [0, 0.1) is 0 Å². The molecular formula is C15H19N3O. The van der Waals surface area contributed by atoms with Crippen molar-refractivity contribution in [1.82, 2.24) is 10.1 Å². The highest BCUT2D eigenvalue weighted by Gasteiger charge is 2.34. The third-order valence-corrected chi connectivity index (χ3v) is 3.87. The zero-order valence-electron chi connectivity index (χ0n) is 11.4. The van der Waals surface area contributed by atoms with Gasteiger partial charge in [-0.05, 0) is 30.9 Å². The zero-order chi connectivity index (χ0) is 13.5. The van der Waals surface area contributed by atoms with E-state index in [0.29, 0.717) is 5.89 Å². The highest BCUT2D eigenvalue weighted by Crippen LogP contribution is 2.39. The molecule has 0 radical (unpaired) electrons. The molecule has 0 saturated heterocycles. The Morgan fingerprint density at radius 3 is 2.95 bits per heavy atom. The van der Waals surface area contributed by atoms with Crippen LogP contribution in [0.1, 0.15) is 55.4 Å². The van der Waals surface area contributed by atoms with Crippen molar-refractivity contribution in [2.75, 3.05) is 0 Å². The molecule has 1 aliphatic rings. The number of hydrogen-bond donors (Lipinski definition) is 1. The van der Waals surface area contributed by atoms with Gasteiger partial charge in [0.25, 0.3) is 0 Å². The number of hydrogen-bond acceptors (Lipinski definition) is 4. The van der Waals surface area contributed by atoms with E-state index in [0.717, 1.165) is 25.1 Å². The van der Waals surface area contributed by atoms with Gasteiger partial charge in [0.1, 0.15) is 0 Å². The lowest BCUT2D eigenvalue weighted by Gasteiger charge is -2.27. The van der Waals surface area contributed by atoms with E-state index >= 15 is 0 Å². The van der Waals surface area contributed by atoms with Crippen molar-refractivity contribution < 1.29 is 4.52 Å². The molecule has 100 valence electrons. The van der Waals surface area contributed by atoms with Gasteiger partial charge in [0.2, 0.25) is 5.89 Å². The van der Waals surface area contributed by atoms with Gasteiger partial charge in [0, 0.05) is 0 Å². The summed E-state index contributed by atoms with van der Waals surface area (Å²) in [6.07, 6.45) is 2.83. The van der Waals surface area contributed by atoms with Gasteiger partial charge >= 0.3 is 0 Å². The molecular weight excluding hydrogens is 238 g/mol. The first-order chi connectivity index (χ1) is 9.12. The molecule has 1 aromatic heterocycles. The fourth-order valence-corrected chi connectivity index (χ4v) is 2.72. The molecule has 0 aliphatic heterocycles. The molecule has 4 heteroatoms. The summed E-state index contributed by atoms with van der Waals surface area (Å²) in [5, 5.41) is 4.12. The monoisotopic (exact) mass is 257 g/mol. The second-order valence-electron chi connectivity index (χ2n) is 5.58. The van der Waals surface area contributed by atoms with Crippen LogP contribution in [0.3, 0.4) is 0 Å². The molecule has 4 nitrogen and oxygen atoms in total. The minimum absolute atomic E-state index is 0.270. The Balaban J connectivity index is 1.84. The van der Waals surface area contributed by atoms with E-state index in [9.17, 15) is 0 Å². The SMILES string of the molecule is CCCC(C)(N)c1nc(C2Cc3ccccc32)no1. The first kappa shape index (κ1) is 12.4. The summed E-state index contributed by atoms with van der Waals surface area (Å²) in [5.74, 6) is 1.58. The summed E-state index contributed by atoms with van der Waals surface area (Å²) in [6, 6.07) is 8.40. The Labute approximate surface area is 113 Å². The lowest BCUT2D eigenvalue weighted by atomic mass is 9.77. The lowest BCUT2D eigenvalue weighted by molar-refractivity contribution is 0.281. The first-order valence-corrected chi connectivity index (χ1v) is 6.82. The molecule has 1 aliphatic carbocycles. The van der Waals surface area contributed by atoms with Crippen molar-refractivity contribution in [1.29, 1.82) is 0 Å². The topological polar surface area (TPSA) is 64.9 Å². The zero-order valence-corrected chi connectivity index (χ0v) is 11.4. The van der Waals surface area contributed by atoms with Crippen molar-refractivity contribution in [2.45, 2.75) is 44.6 Å². The largest absolute Gasteiger partial charge is 0.337 e. The van der Waals surface area contributed by atoms with Crippen LogP contribution < -0.4 is 5.73 Å². The van der Waals surface area contributed by atoms with Gasteiger partial charge in [0.15, 0.2) is 5.82 Å². The molecule has 2 aromatic rings.